The molecule has 0 aromatic rings. The first kappa shape index (κ1) is 7.69. The van der Waals surface area contributed by atoms with Crippen LogP contribution >= 0.6 is 0 Å². The van der Waals surface area contributed by atoms with Crippen LogP contribution in [0.1, 0.15) is 6.42 Å². The lowest BCUT2D eigenvalue weighted by Gasteiger charge is -2.04. The zero-order chi connectivity index (χ0) is 7.23. The summed E-state index contributed by atoms with van der Waals surface area (Å²) in [6.45, 7) is 2.52. The molecule has 1 fully saturated rings. The van der Waals surface area contributed by atoms with Gasteiger partial charge in [0.15, 0.2) is 0 Å². The van der Waals surface area contributed by atoms with Gasteiger partial charge in [0, 0.05) is 12.5 Å². The van der Waals surface area contributed by atoms with Gasteiger partial charge >= 0.3 is 0 Å². The van der Waals surface area contributed by atoms with Crippen molar-refractivity contribution < 1.29 is 14.3 Å². The predicted molar refractivity (Wildman–Crippen MR) is 35.8 cm³/mol. The Kier molecular flexibility index (Phi) is 3.40. The summed E-state index contributed by atoms with van der Waals surface area (Å²) in [6.07, 6.45) is 1.84. The van der Waals surface area contributed by atoms with E-state index in [9.17, 15) is 4.79 Å². The van der Waals surface area contributed by atoms with Gasteiger partial charge in [-0.25, -0.2) is 0 Å². The molecule has 0 spiro atoms. The van der Waals surface area contributed by atoms with Crippen molar-refractivity contribution in [2.24, 2.45) is 5.92 Å². The maximum Gasteiger partial charge on any atom is 0.145 e. The van der Waals surface area contributed by atoms with Gasteiger partial charge in [0.1, 0.15) is 12.9 Å². The highest BCUT2D eigenvalue weighted by Crippen LogP contribution is 2.11. The molecule has 1 rings (SSSR count). The second-order valence-corrected chi connectivity index (χ2v) is 2.43. The fourth-order valence-electron chi connectivity index (χ4n) is 0.998. The summed E-state index contributed by atoms with van der Waals surface area (Å²) in [4.78, 5) is 9.82. The Labute approximate surface area is 60.3 Å². The second-order valence-electron chi connectivity index (χ2n) is 2.43. The highest BCUT2D eigenvalue weighted by molar-refractivity contribution is 5.50. The second kappa shape index (κ2) is 4.41. The molecule has 3 heteroatoms. The number of aldehydes is 1. The number of carbonyl (C=O) groups is 1. The topological polar surface area (TPSA) is 35.5 Å². The third kappa shape index (κ3) is 2.45. The van der Waals surface area contributed by atoms with E-state index in [1.165, 1.54) is 0 Å². The van der Waals surface area contributed by atoms with Crippen molar-refractivity contribution in [3.63, 3.8) is 0 Å². The average molecular weight is 144 g/mol. The molecule has 1 atom stereocenters. The molecular formula is C7H12O3. The fourth-order valence-corrected chi connectivity index (χ4v) is 0.998. The van der Waals surface area contributed by atoms with Gasteiger partial charge in [0.05, 0.1) is 13.2 Å². The van der Waals surface area contributed by atoms with E-state index in [1.54, 1.807) is 0 Å². The monoisotopic (exact) mass is 144 g/mol. The zero-order valence-electron chi connectivity index (χ0n) is 5.91. The molecule has 1 heterocycles. The van der Waals surface area contributed by atoms with Crippen LogP contribution in [-0.2, 0) is 14.3 Å². The lowest BCUT2D eigenvalue weighted by atomic mass is 10.1. The van der Waals surface area contributed by atoms with Crippen LogP contribution < -0.4 is 0 Å². The summed E-state index contributed by atoms with van der Waals surface area (Å²) in [5.74, 6) is 0.514. The molecule has 1 unspecified atom stereocenters. The first-order valence-electron chi connectivity index (χ1n) is 3.52. The van der Waals surface area contributed by atoms with E-state index in [0.29, 0.717) is 12.5 Å². The fraction of sp³-hybridized carbons (Fsp3) is 0.857. The molecule has 0 aromatic heterocycles. The van der Waals surface area contributed by atoms with E-state index in [2.05, 4.69) is 0 Å². The molecule has 3 nitrogen and oxygen atoms in total. The molecule has 0 saturated carbocycles. The number of hydrogen-bond acceptors (Lipinski definition) is 3. The van der Waals surface area contributed by atoms with E-state index in [1.807, 2.05) is 0 Å². The quantitative estimate of drug-likeness (QED) is 0.419. The third-order valence-corrected chi connectivity index (χ3v) is 1.56. The van der Waals surface area contributed by atoms with Crippen LogP contribution in [0.25, 0.3) is 0 Å². The van der Waals surface area contributed by atoms with Crippen molar-refractivity contribution >= 4 is 6.29 Å². The van der Waals surface area contributed by atoms with Gasteiger partial charge in [-0.2, -0.15) is 0 Å². The summed E-state index contributed by atoms with van der Waals surface area (Å²) >= 11 is 0. The van der Waals surface area contributed by atoms with Crippen LogP contribution in [0.2, 0.25) is 0 Å². The van der Waals surface area contributed by atoms with Crippen molar-refractivity contribution in [2.75, 3.05) is 26.4 Å². The SMILES string of the molecule is O=CCOCC1CCOC1. The van der Waals surface area contributed by atoms with E-state index in [0.717, 1.165) is 25.9 Å². The zero-order valence-corrected chi connectivity index (χ0v) is 5.91. The molecule has 0 radical (unpaired) electrons. The number of rotatable bonds is 4. The molecular weight excluding hydrogens is 132 g/mol. The maximum absolute atomic E-state index is 9.82. The molecule has 0 amide bonds. The largest absolute Gasteiger partial charge is 0.381 e. The van der Waals surface area contributed by atoms with Crippen molar-refractivity contribution in [2.45, 2.75) is 6.42 Å². The summed E-state index contributed by atoms with van der Waals surface area (Å²) in [6, 6.07) is 0. The van der Waals surface area contributed by atoms with E-state index < -0.39 is 0 Å². The third-order valence-electron chi connectivity index (χ3n) is 1.56. The number of carbonyl (C=O) groups excluding carboxylic acids is 1. The molecule has 58 valence electrons. The Morgan fingerprint density at radius 1 is 1.70 bits per heavy atom. The van der Waals surface area contributed by atoms with Crippen molar-refractivity contribution in [3.05, 3.63) is 0 Å². The maximum atomic E-state index is 9.82. The summed E-state index contributed by atoms with van der Waals surface area (Å²) in [7, 11) is 0. The molecule has 10 heavy (non-hydrogen) atoms. The van der Waals surface area contributed by atoms with Gasteiger partial charge in [0.2, 0.25) is 0 Å². The lowest BCUT2D eigenvalue weighted by Crippen LogP contribution is -2.10. The summed E-state index contributed by atoms with van der Waals surface area (Å²) < 4.78 is 10.1. The Hall–Kier alpha value is -0.410. The Bertz CT molecular complexity index is 97.0. The number of ether oxygens (including phenoxy) is 2. The van der Waals surface area contributed by atoms with Crippen LogP contribution in [0.15, 0.2) is 0 Å². The highest BCUT2D eigenvalue weighted by atomic mass is 16.5. The molecule has 0 aromatic carbocycles. The minimum atomic E-state index is 0.219. The first-order chi connectivity index (χ1) is 4.93. The standard InChI is InChI=1S/C7H12O3/c8-2-4-10-6-7-1-3-9-5-7/h2,7H,1,3-6H2. The molecule has 0 bridgehead atoms. The Balaban J connectivity index is 1.96. The van der Waals surface area contributed by atoms with Gasteiger partial charge in [-0.1, -0.05) is 0 Å². The predicted octanol–water partition coefficient (Wildman–Crippen LogP) is 0.238. The lowest BCUT2D eigenvalue weighted by molar-refractivity contribution is -0.112. The average Bonchev–Trinajstić information content (AvgIpc) is 2.41. The van der Waals surface area contributed by atoms with Crippen LogP contribution in [0.5, 0.6) is 0 Å². The molecule has 1 aliphatic rings. The Morgan fingerprint density at radius 2 is 2.60 bits per heavy atom. The van der Waals surface area contributed by atoms with Crippen molar-refractivity contribution in [3.8, 4) is 0 Å². The summed E-state index contributed by atoms with van der Waals surface area (Å²) in [5, 5.41) is 0. The van der Waals surface area contributed by atoms with Crippen LogP contribution in [-0.4, -0.2) is 32.7 Å². The van der Waals surface area contributed by atoms with Gasteiger partial charge in [-0.15, -0.1) is 0 Å². The van der Waals surface area contributed by atoms with E-state index >= 15 is 0 Å². The highest BCUT2D eigenvalue weighted by Gasteiger charge is 2.14. The van der Waals surface area contributed by atoms with E-state index in [-0.39, 0.29) is 6.61 Å². The molecule has 0 N–H and O–H groups in total. The normalized spacial score (nSPS) is 25.0. The van der Waals surface area contributed by atoms with Gasteiger partial charge in [0.25, 0.3) is 0 Å². The minimum absolute atomic E-state index is 0.219. The molecule has 1 aliphatic heterocycles. The summed E-state index contributed by atoms with van der Waals surface area (Å²) in [5.41, 5.74) is 0. The van der Waals surface area contributed by atoms with Crippen molar-refractivity contribution in [1.29, 1.82) is 0 Å². The van der Waals surface area contributed by atoms with Crippen LogP contribution in [0.4, 0.5) is 0 Å². The van der Waals surface area contributed by atoms with Gasteiger partial charge < -0.3 is 14.3 Å². The van der Waals surface area contributed by atoms with Crippen LogP contribution in [0.3, 0.4) is 0 Å². The Morgan fingerprint density at radius 3 is 3.20 bits per heavy atom. The molecule has 0 aliphatic carbocycles. The smallest absolute Gasteiger partial charge is 0.145 e. The number of hydrogen-bond donors (Lipinski definition) is 0. The van der Waals surface area contributed by atoms with Gasteiger partial charge in [-0.05, 0) is 6.42 Å². The minimum Gasteiger partial charge on any atom is -0.381 e. The van der Waals surface area contributed by atoms with Crippen molar-refractivity contribution in [1.82, 2.24) is 0 Å². The first-order valence-corrected chi connectivity index (χ1v) is 3.52. The molecule has 1 saturated heterocycles. The van der Waals surface area contributed by atoms with E-state index in [4.69, 9.17) is 9.47 Å². The van der Waals surface area contributed by atoms with Gasteiger partial charge in [-0.3, -0.25) is 0 Å². The van der Waals surface area contributed by atoms with Crippen LogP contribution in [0, 0.1) is 5.92 Å².